The van der Waals surface area contributed by atoms with E-state index in [1.165, 1.54) is 16.9 Å². The summed E-state index contributed by atoms with van der Waals surface area (Å²) in [4.78, 5) is 18.0. The number of hydrogen-bond acceptors (Lipinski definition) is 3. The fraction of sp³-hybridized carbons (Fsp3) is 0.263. The second-order valence-electron chi connectivity index (χ2n) is 6.24. The molecule has 0 radical (unpaired) electrons. The molecule has 0 N–H and O–H groups in total. The van der Waals surface area contributed by atoms with Crippen molar-refractivity contribution in [2.75, 3.05) is 0 Å². The van der Waals surface area contributed by atoms with Crippen LogP contribution < -0.4 is 5.56 Å². The van der Waals surface area contributed by atoms with Crippen LogP contribution in [0.2, 0.25) is 0 Å². The maximum absolute atomic E-state index is 12.8. The third-order valence-electron chi connectivity index (χ3n) is 3.89. The number of thiophene rings is 1. The molecule has 0 fully saturated rings. The number of hydrogen-bond donors (Lipinski definition) is 0. The van der Waals surface area contributed by atoms with Gasteiger partial charge in [-0.05, 0) is 24.0 Å². The Hall–Kier alpha value is -2.20. The molecular formula is C19H20N2OS. The van der Waals surface area contributed by atoms with Crippen molar-refractivity contribution in [1.29, 1.82) is 0 Å². The second-order valence-corrected chi connectivity index (χ2v) is 7.10. The first kappa shape index (κ1) is 15.7. The Morgan fingerprint density at radius 1 is 1.30 bits per heavy atom. The Morgan fingerprint density at radius 3 is 2.61 bits per heavy atom. The van der Waals surface area contributed by atoms with Crippen LogP contribution >= 0.6 is 11.3 Å². The van der Waals surface area contributed by atoms with Gasteiger partial charge in [0.15, 0.2) is 0 Å². The third kappa shape index (κ3) is 2.99. The number of allylic oxidation sites excluding steroid dienone is 1. The molecule has 0 atom stereocenters. The van der Waals surface area contributed by atoms with Crippen molar-refractivity contribution in [3.63, 3.8) is 0 Å². The van der Waals surface area contributed by atoms with Crippen LogP contribution in [-0.4, -0.2) is 9.55 Å². The van der Waals surface area contributed by atoms with Crippen molar-refractivity contribution < 1.29 is 0 Å². The lowest BCUT2D eigenvalue weighted by atomic mass is 9.99. The predicted molar refractivity (Wildman–Crippen MR) is 98.2 cm³/mol. The molecule has 0 aliphatic rings. The monoisotopic (exact) mass is 324 g/mol. The highest BCUT2D eigenvalue weighted by Gasteiger charge is 2.13. The van der Waals surface area contributed by atoms with E-state index in [2.05, 4.69) is 49.7 Å². The summed E-state index contributed by atoms with van der Waals surface area (Å²) in [6.07, 6.45) is 1.61. The van der Waals surface area contributed by atoms with E-state index in [0.717, 1.165) is 21.5 Å². The number of aromatic nitrogens is 2. The van der Waals surface area contributed by atoms with E-state index in [9.17, 15) is 4.79 Å². The topological polar surface area (TPSA) is 34.9 Å². The fourth-order valence-corrected chi connectivity index (χ4v) is 3.54. The average Bonchev–Trinajstić information content (AvgIpc) is 2.94. The quantitative estimate of drug-likeness (QED) is 0.645. The van der Waals surface area contributed by atoms with Gasteiger partial charge in [-0.2, -0.15) is 0 Å². The van der Waals surface area contributed by atoms with Gasteiger partial charge in [-0.3, -0.25) is 9.36 Å². The highest BCUT2D eigenvalue weighted by atomic mass is 32.1. The molecule has 0 amide bonds. The van der Waals surface area contributed by atoms with Gasteiger partial charge in [-0.15, -0.1) is 11.3 Å². The molecule has 118 valence electrons. The molecule has 2 aromatic heterocycles. The first-order chi connectivity index (χ1) is 11.0. The van der Waals surface area contributed by atoms with E-state index in [1.54, 1.807) is 10.9 Å². The number of nitrogens with zero attached hydrogens (tertiary/aromatic N) is 2. The van der Waals surface area contributed by atoms with Crippen LogP contribution in [0.25, 0.3) is 21.3 Å². The minimum absolute atomic E-state index is 0.00202. The molecule has 1 aromatic carbocycles. The van der Waals surface area contributed by atoms with E-state index < -0.39 is 0 Å². The summed E-state index contributed by atoms with van der Waals surface area (Å²) in [5.41, 5.74) is 4.26. The lowest BCUT2D eigenvalue weighted by Gasteiger charge is -2.07. The SMILES string of the molecule is C=C(C)Cn1cnc2scc(-c3ccc(C(C)C)cc3)c2c1=O. The molecule has 4 heteroatoms. The van der Waals surface area contributed by atoms with Crippen molar-refractivity contribution in [3.05, 3.63) is 64.0 Å². The van der Waals surface area contributed by atoms with E-state index in [0.29, 0.717) is 17.8 Å². The van der Waals surface area contributed by atoms with Gasteiger partial charge >= 0.3 is 0 Å². The van der Waals surface area contributed by atoms with Crippen molar-refractivity contribution in [2.45, 2.75) is 33.2 Å². The summed E-state index contributed by atoms with van der Waals surface area (Å²) in [6.45, 7) is 10.6. The molecule has 3 aromatic rings. The summed E-state index contributed by atoms with van der Waals surface area (Å²) in [6, 6.07) is 8.44. The van der Waals surface area contributed by atoms with Gasteiger partial charge in [0.05, 0.1) is 11.7 Å². The zero-order valence-corrected chi connectivity index (χ0v) is 14.5. The molecule has 0 spiro atoms. The maximum atomic E-state index is 12.8. The summed E-state index contributed by atoms with van der Waals surface area (Å²) in [7, 11) is 0. The first-order valence-corrected chi connectivity index (χ1v) is 8.56. The molecule has 0 aliphatic carbocycles. The Morgan fingerprint density at radius 2 is 2.00 bits per heavy atom. The molecule has 0 aliphatic heterocycles. The second kappa shape index (κ2) is 6.13. The fourth-order valence-electron chi connectivity index (χ4n) is 2.63. The van der Waals surface area contributed by atoms with E-state index >= 15 is 0 Å². The molecule has 0 bridgehead atoms. The van der Waals surface area contributed by atoms with Crippen LogP contribution in [0.4, 0.5) is 0 Å². The van der Waals surface area contributed by atoms with Crippen LogP contribution in [-0.2, 0) is 6.54 Å². The molecule has 0 unspecified atom stereocenters. The highest BCUT2D eigenvalue weighted by Crippen LogP contribution is 2.31. The van der Waals surface area contributed by atoms with Crippen molar-refractivity contribution in [3.8, 4) is 11.1 Å². The Kier molecular flexibility index (Phi) is 4.18. The standard InChI is InChI=1S/C19H20N2OS/c1-12(2)9-21-11-20-18-17(19(21)22)16(10-23-18)15-7-5-14(6-8-15)13(3)4/h5-8,10-11,13H,1,9H2,2-4H3. The molecule has 0 saturated heterocycles. The van der Waals surface area contributed by atoms with Gasteiger partial charge in [0, 0.05) is 17.5 Å². The van der Waals surface area contributed by atoms with Crippen LogP contribution in [0, 0.1) is 0 Å². The smallest absolute Gasteiger partial charge is 0.263 e. The van der Waals surface area contributed by atoms with Crippen molar-refractivity contribution in [2.24, 2.45) is 0 Å². The Labute approximate surface area is 139 Å². The predicted octanol–water partition coefficient (Wildman–Crippen LogP) is 4.82. The van der Waals surface area contributed by atoms with Crippen LogP contribution in [0.1, 0.15) is 32.3 Å². The molecule has 3 rings (SSSR count). The molecule has 2 heterocycles. The normalized spacial score (nSPS) is 11.3. The molecule has 23 heavy (non-hydrogen) atoms. The third-order valence-corrected chi connectivity index (χ3v) is 4.78. The number of fused-ring (bicyclic) bond motifs is 1. The lowest BCUT2D eigenvalue weighted by Crippen LogP contribution is -2.20. The summed E-state index contributed by atoms with van der Waals surface area (Å²) in [5, 5.41) is 2.73. The number of benzene rings is 1. The van der Waals surface area contributed by atoms with Crippen LogP contribution in [0.5, 0.6) is 0 Å². The largest absolute Gasteiger partial charge is 0.295 e. The van der Waals surface area contributed by atoms with Gasteiger partial charge in [0.25, 0.3) is 5.56 Å². The van der Waals surface area contributed by atoms with E-state index in [4.69, 9.17) is 0 Å². The van der Waals surface area contributed by atoms with Crippen molar-refractivity contribution in [1.82, 2.24) is 9.55 Å². The summed E-state index contributed by atoms with van der Waals surface area (Å²) >= 11 is 1.51. The zero-order chi connectivity index (χ0) is 16.6. The van der Waals surface area contributed by atoms with Gasteiger partial charge < -0.3 is 0 Å². The zero-order valence-electron chi connectivity index (χ0n) is 13.7. The lowest BCUT2D eigenvalue weighted by molar-refractivity contribution is 0.739. The highest BCUT2D eigenvalue weighted by molar-refractivity contribution is 7.17. The minimum atomic E-state index is 0.00202. The van der Waals surface area contributed by atoms with Crippen molar-refractivity contribution >= 4 is 21.6 Å². The van der Waals surface area contributed by atoms with Crippen LogP contribution in [0.15, 0.2) is 52.9 Å². The van der Waals surface area contributed by atoms with E-state index in [1.807, 2.05) is 12.3 Å². The Bertz CT molecular complexity index is 917. The maximum Gasteiger partial charge on any atom is 0.263 e. The average molecular weight is 324 g/mol. The van der Waals surface area contributed by atoms with E-state index in [-0.39, 0.29) is 5.56 Å². The Balaban J connectivity index is 2.14. The van der Waals surface area contributed by atoms with Gasteiger partial charge in [0.2, 0.25) is 0 Å². The molecule has 0 saturated carbocycles. The number of rotatable bonds is 4. The summed E-state index contributed by atoms with van der Waals surface area (Å²) < 4.78 is 1.63. The van der Waals surface area contributed by atoms with Crippen LogP contribution in [0.3, 0.4) is 0 Å². The summed E-state index contributed by atoms with van der Waals surface area (Å²) in [5.74, 6) is 0.498. The van der Waals surface area contributed by atoms with Gasteiger partial charge in [-0.1, -0.05) is 50.3 Å². The molecule has 3 nitrogen and oxygen atoms in total. The first-order valence-electron chi connectivity index (χ1n) is 7.68. The molecular weight excluding hydrogens is 304 g/mol. The van der Waals surface area contributed by atoms with Gasteiger partial charge in [0.1, 0.15) is 4.83 Å². The minimum Gasteiger partial charge on any atom is -0.295 e. The van der Waals surface area contributed by atoms with Gasteiger partial charge in [-0.25, -0.2) is 4.98 Å².